The number of benzene rings is 4. The van der Waals surface area contributed by atoms with Crippen LogP contribution in [-0.2, 0) is 12.0 Å². The third kappa shape index (κ3) is 5.72. The van der Waals surface area contributed by atoms with Gasteiger partial charge >= 0.3 is 6.03 Å². The summed E-state index contributed by atoms with van der Waals surface area (Å²) in [6.07, 6.45) is 5.41. The number of amides is 2. The van der Waals surface area contributed by atoms with Crippen molar-refractivity contribution in [3.63, 3.8) is 0 Å². The number of carbonyl (C=O) groups excluding carboxylic acids is 1. The minimum atomic E-state index is -0.359. The van der Waals surface area contributed by atoms with Crippen LogP contribution in [0.3, 0.4) is 0 Å². The molecule has 0 atom stereocenters. The van der Waals surface area contributed by atoms with Gasteiger partial charge in [0.05, 0.1) is 31.4 Å². The van der Waals surface area contributed by atoms with Gasteiger partial charge in [0.25, 0.3) is 0 Å². The van der Waals surface area contributed by atoms with Gasteiger partial charge in [-0.15, -0.1) is 0 Å². The Balaban J connectivity index is 1.34. The van der Waals surface area contributed by atoms with Crippen LogP contribution in [0.2, 0.25) is 0 Å². The summed E-state index contributed by atoms with van der Waals surface area (Å²) in [5.41, 5.74) is 3.27. The van der Waals surface area contributed by atoms with Crippen molar-refractivity contribution in [1.29, 1.82) is 0 Å². The number of nitrogens with zero attached hydrogens (tertiary/aromatic N) is 2. The lowest BCUT2D eigenvalue weighted by Crippen LogP contribution is -2.22. The Bertz CT molecular complexity index is 1560. The van der Waals surface area contributed by atoms with Gasteiger partial charge in [-0.05, 0) is 35.4 Å². The van der Waals surface area contributed by atoms with Gasteiger partial charge in [-0.3, -0.25) is 0 Å². The standard InChI is InChI=1S/C32H32N4O3/c1-32(2,23-9-5-4-6-10-23)24-13-15-30(38-3)28(21-24)35-31(37)34-27-14-16-29(26-12-8-7-11-25(26)27)39-20-19-36-18-17-33-22-36/h4-18,21-22H,19-20H2,1-3H3,(H2,34,35,37). The first-order valence-corrected chi connectivity index (χ1v) is 12.9. The second-order valence-electron chi connectivity index (χ2n) is 9.79. The van der Waals surface area contributed by atoms with Crippen molar-refractivity contribution in [3.05, 3.63) is 115 Å². The third-order valence-electron chi connectivity index (χ3n) is 6.96. The molecule has 0 fully saturated rings. The molecule has 0 unspecified atom stereocenters. The fourth-order valence-electron chi connectivity index (χ4n) is 4.68. The Morgan fingerprint density at radius 1 is 0.846 bits per heavy atom. The minimum Gasteiger partial charge on any atom is -0.495 e. The summed E-state index contributed by atoms with van der Waals surface area (Å²) < 4.78 is 13.6. The predicted octanol–water partition coefficient (Wildman–Crippen LogP) is 7.09. The van der Waals surface area contributed by atoms with Gasteiger partial charge < -0.3 is 24.7 Å². The van der Waals surface area contributed by atoms with Crippen LogP contribution in [0.4, 0.5) is 16.2 Å². The molecule has 2 amide bonds. The number of anilines is 2. The first-order valence-electron chi connectivity index (χ1n) is 12.9. The van der Waals surface area contributed by atoms with Crippen LogP contribution in [0.15, 0.2) is 104 Å². The molecule has 2 N–H and O–H groups in total. The van der Waals surface area contributed by atoms with E-state index >= 15 is 0 Å². The maximum absolute atomic E-state index is 13.2. The number of hydrogen-bond acceptors (Lipinski definition) is 4. The van der Waals surface area contributed by atoms with Gasteiger partial charge in [0.2, 0.25) is 0 Å². The van der Waals surface area contributed by atoms with E-state index in [9.17, 15) is 4.79 Å². The molecule has 0 saturated heterocycles. The van der Waals surface area contributed by atoms with Crippen LogP contribution in [0, 0.1) is 0 Å². The molecule has 0 saturated carbocycles. The first-order chi connectivity index (χ1) is 19.0. The van der Waals surface area contributed by atoms with Crippen molar-refractivity contribution in [2.45, 2.75) is 25.8 Å². The Hall–Kier alpha value is -4.78. The maximum atomic E-state index is 13.2. The highest BCUT2D eigenvalue weighted by atomic mass is 16.5. The van der Waals surface area contributed by atoms with E-state index in [0.717, 1.165) is 22.1 Å². The van der Waals surface area contributed by atoms with Gasteiger partial charge in [0.1, 0.15) is 18.1 Å². The highest BCUT2D eigenvalue weighted by molar-refractivity contribution is 6.08. The molecule has 1 heterocycles. The van der Waals surface area contributed by atoms with E-state index in [0.29, 0.717) is 30.3 Å². The fourth-order valence-corrected chi connectivity index (χ4v) is 4.68. The average molecular weight is 521 g/mol. The molecule has 39 heavy (non-hydrogen) atoms. The molecule has 198 valence electrons. The summed E-state index contributed by atoms with van der Waals surface area (Å²) in [5.74, 6) is 1.35. The SMILES string of the molecule is COc1ccc(C(C)(C)c2ccccc2)cc1NC(=O)Nc1ccc(OCCn2ccnc2)c2ccccc12. The van der Waals surface area contributed by atoms with Crippen LogP contribution < -0.4 is 20.1 Å². The number of aromatic nitrogens is 2. The monoisotopic (exact) mass is 520 g/mol. The number of hydrogen-bond donors (Lipinski definition) is 2. The lowest BCUT2D eigenvalue weighted by molar-refractivity contribution is 0.262. The van der Waals surface area contributed by atoms with Crippen LogP contribution in [0.1, 0.15) is 25.0 Å². The van der Waals surface area contributed by atoms with Crippen molar-refractivity contribution in [2.24, 2.45) is 0 Å². The number of fused-ring (bicyclic) bond motifs is 1. The predicted molar refractivity (Wildman–Crippen MR) is 156 cm³/mol. The fraction of sp³-hybridized carbons (Fsp3) is 0.188. The van der Waals surface area contributed by atoms with Crippen molar-refractivity contribution in [3.8, 4) is 11.5 Å². The third-order valence-corrected chi connectivity index (χ3v) is 6.96. The summed E-state index contributed by atoms with van der Waals surface area (Å²) in [6.45, 7) is 5.53. The van der Waals surface area contributed by atoms with Gasteiger partial charge in [-0.2, -0.15) is 0 Å². The number of carbonyl (C=O) groups is 1. The molecule has 5 aromatic rings. The van der Waals surface area contributed by atoms with E-state index in [2.05, 4.69) is 41.6 Å². The van der Waals surface area contributed by atoms with Gasteiger partial charge in [-0.25, -0.2) is 9.78 Å². The summed E-state index contributed by atoms with van der Waals surface area (Å²) in [4.78, 5) is 17.3. The number of methoxy groups -OCH3 is 1. The lowest BCUT2D eigenvalue weighted by atomic mass is 9.78. The Kier molecular flexibility index (Phi) is 7.50. The summed E-state index contributed by atoms with van der Waals surface area (Å²) >= 11 is 0. The zero-order valence-electron chi connectivity index (χ0n) is 22.3. The van der Waals surface area contributed by atoms with E-state index in [-0.39, 0.29) is 11.4 Å². The number of ether oxygens (including phenoxy) is 2. The molecular weight excluding hydrogens is 488 g/mol. The molecule has 0 bridgehead atoms. The van der Waals surface area contributed by atoms with E-state index in [1.807, 2.05) is 83.6 Å². The van der Waals surface area contributed by atoms with Crippen molar-refractivity contribution < 1.29 is 14.3 Å². The summed E-state index contributed by atoms with van der Waals surface area (Å²) in [5, 5.41) is 7.80. The van der Waals surface area contributed by atoms with Crippen LogP contribution in [0.25, 0.3) is 10.8 Å². The van der Waals surface area contributed by atoms with E-state index in [1.165, 1.54) is 5.56 Å². The average Bonchev–Trinajstić information content (AvgIpc) is 3.48. The highest BCUT2D eigenvalue weighted by Crippen LogP contribution is 2.36. The van der Waals surface area contributed by atoms with Crippen molar-refractivity contribution in [2.75, 3.05) is 24.4 Å². The van der Waals surface area contributed by atoms with Gasteiger partial charge in [0, 0.05) is 28.6 Å². The maximum Gasteiger partial charge on any atom is 0.323 e. The Morgan fingerprint density at radius 3 is 2.31 bits per heavy atom. The molecule has 0 aliphatic heterocycles. The smallest absolute Gasteiger partial charge is 0.323 e. The highest BCUT2D eigenvalue weighted by Gasteiger charge is 2.24. The molecule has 4 aromatic carbocycles. The zero-order chi connectivity index (χ0) is 27.2. The van der Waals surface area contributed by atoms with Crippen LogP contribution in [-0.4, -0.2) is 29.3 Å². The van der Waals surface area contributed by atoms with Crippen molar-refractivity contribution >= 4 is 28.2 Å². The second-order valence-corrected chi connectivity index (χ2v) is 9.79. The Morgan fingerprint density at radius 2 is 1.56 bits per heavy atom. The van der Waals surface area contributed by atoms with E-state index < -0.39 is 0 Å². The van der Waals surface area contributed by atoms with E-state index in [1.54, 1.807) is 19.6 Å². The molecular formula is C32H32N4O3. The molecule has 0 aliphatic rings. The normalized spacial score (nSPS) is 11.3. The summed E-state index contributed by atoms with van der Waals surface area (Å²) in [7, 11) is 1.60. The second kappa shape index (κ2) is 11.3. The largest absolute Gasteiger partial charge is 0.495 e. The minimum absolute atomic E-state index is 0.260. The number of urea groups is 1. The van der Waals surface area contributed by atoms with Crippen LogP contribution >= 0.6 is 0 Å². The molecule has 7 heteroatoms. The first kappa shape index (κ1) is 25.9. The summed E-state index contributed by atoms with van der Waals surface area (Å²) in [6, 6.07) is 27.4. The van der Waals surface area contributed by atoms with Gasteiger partial charge in [-0.1, -0.05) is 74.5 Å². The van der Waals surface area contributed by atoms with E-state index in [4.69, 9.17) is 9.47 Å². The molecule has 7 nitrogen and oxygen atoms in total. The zero-order valence-corrected chi connectivity index (χ0v) is 22.3. The lowest BCUT2D eigenvalue weighted by Gasteiger charge is -2.27. The molecule has 0 spiro atoms. The number of rotatable bonds is 9. The number of nitrogens with one attached hydrogen (secondary N) is 2. The molecule has 0 aliphatic carbocycles. The van der Waals surface area contributed by atoms with Gasteiger partial charge in [0.15, 0.2) is 0 Å². The van der Waals surface area contributed by atoms with Crippen molar-refractivity contribution in [1.82, 2.24) is 9.55 Å². The Labute approximate surface area is 228 Å². The quantitative estimate of drug-likeness (QED) is 0.217. The number of imidazole rings is 1. The van der Waals surface area contributed by atoms with Crippen LogP contribution in [0.5, 0.6) is 11.5 Å². The molecule has 5 rings (SSSR count). The molecule has 1 aromatic heterocycles. The topological polar surface area (TPSA) is 77.4 Å². The molecule has 0 radical (unpaired) electrons.